The predicted molar refractivity (Wildman–Crippen MR) is 116 cm³/mol. The summed E-state index contributed by atoms with van der Waals surface area (Å²) in [5, 5.41) is 22.3. The molecule has 0 radical (unpaired) electrons. The van der Waals surface area contributed by atoms with Crippen LogP contribution in [0.15, 0.2) is 0 Å². The molecule has 28 heavy (non-hydrogen) atoms. The number of hydrogen-bond donors (Lipinski definition) is 3. The fraction of sp³-hybridized carbons (Fsp3) is 0.957. The fourth-order valence-electron chi connectivity index (χ4n) is 3.59. The van der Waals surface area contributed by atoms with Gasteiger partial charge in [-0.15, -0.1) is 0 Å². The molecule has 0 aromatic rings. The number of carbonyl (C=O) groups is 1. The summed E-state index contributed by atoms with van der Waals surface area (Å²) in [5.74, 6) is -0.0936. The normalized spacial score (nSPS) is 12.9. The summed E-state index contributed by atoms with van der Waals surface area (Å²) in [6.07, 6.45) is 20.0. The van der Waals surface area contributed by atoms with Crippen LogP contribution in [0.3, 0.4) is 0 Å². The Morgan fingerprint density at radius 2 is 1.11 bits per heavy atom. The van der Waals surface area contributed by atoms with Crippen LogP contribution >= 0.6 is 0 Å². The van der Waals surface area contributed by atoms with E-state index in [1.807, 2.05) is 6.92 Å². The molecule has 5 nitrogen and oxygen atoms in total. The van der Waals surface area contributed by atoms with Crippen LogP contribution in [0.25, 0.3) is 0 Å². The second-order valence-corrected chi connectivity index (χ2v) is 8.45. The maximum Gasteiger partial charge on any atom is 0.224 e. The highest BCUT2D eigenvalue weighted by Crippen LogP contribution is 2.14. The third-order valence-corrected chi connectivity index (χ3v) is 5.55. The van der Waals surface area contributed by atoms with Gasteiger partial charge in [0, 0.05) is 13.3 Å². The summed E-state index contributed by atoms with van der Waals surface area (Å²) in [6, 6.07) is 0. The van der Waals surface area contributed by atoms with Gasteiger partial charge in [0.05, 0.1) is 0 Å². The van der Waals surface area contributed by atoms with Crippen LogP contribution in [-0.4, -0.2) is 33.8 Å². The number of amides is 1. The van der Waals surface area contributed by atoms with E-state index in [4.69, 9.17) is 0 Å². The van der Waals surface area contributed by atoms with Gasteiger partial charge in [0.25, 0.3) is 0 Å². The minimum Gasteiger partial charge on any atom is -0.302 e. The molecule has 168 valence electrons. The summed E-state index contributed by atoms with van der Waals surface area (Å²) in [7, 11) is 0. The van der Waals surface area contributed by atoms with E-state index in [2.05, 4.69) is 12.2 Å². The Labute approximate surface area is 174 Å². The predicted octanol–water partition coefficient (Wildman–Crippen LogP) is 6.72. The van der Waals surface area contributed by atoms with Gasteiger partial charge in [-0.1, -0.05) is 104 Å². The van der Waals surface area contributed by atoms with E-state index in [9.17, 15) is 15.2 Å². The Kier molecular flexibility index (Phi) is 18.0. The summed E-state index contributed by atoms with van der Waals surface area (Å²) in [5.41, 5.74) is 0. The second-order valence-electron chi connectivity index (χ2n) is 8.45. The largest absolute Gasteiger partial charge is 0.302 e. The van der Waals surface area contributed by atoms with E-state index >= 15 is 0 Å². The molecule has 0 aliphatic rings. The zero-order valence-corrected chi connectivity index (χ0v) is 19.1. The first-order valence-corrected chi connectivity index (χ1v) is 12.1. The molecular weight excluding hydrogens is 352 g/mol. The SMILES string of the molecule is CCCCCCCCCCCCCCCCCC(=O)NC(C)[N+](O)(O)CCC. The van der Waals surface area contributed by atoms with Crippen molar-refractivity contribution >= 4 is 5.91 Å². The lowest BCUT2D eigenvalue weighted by Crippen LogP contribution is -2.57. The molecule has 1 amide bonds. The molecule has 1 atom stereocenters. The Hall–Kier alpha value is -0.650. The summed E-state index contributed by atoms with van der Waals surface area (Å²) >= 11 is 0. The number of quaternary nitrogens is 1. The van der Waals surface area contributed by atoms with E-state index in [1.165, 1.54) is 83.5 Å². The van der Waals surface area contributed by atoms with Crippen molar-refractivity contribution in [2.24, 2.45) is 0 Å². The minimum atomic E-state index is -1.14. The first-order chi connectivity index (χ1) is 13.4. The molecule has 0 spiro atoms. The van der Waals surface area contributed by atoms with Gasteiger partial charge >= 0.3 is 0 Å². The number of hydroxylamine groups is 4. The Morgan fingerprint density at radius 3 is 1.50 bits per heavy atom. The summed E-state index contributed by atoms with van der Waals surface area (Å²) < 4.78 is 0. The van der Waals surface area contributed by atoms with Crippen LogP contribution in [-0.2, 0) is 4.79 Å². The maximum atomic E-state index is 11.9. The lowest BCUT2D eigenvalue weighted by atomic mass is 10.0. The number of hydrogen-bond acceptors (Lipinski definition) is 3. The van der Waals surface area contributed by atoms with E-state index in [-0.39, 0.29) is 12.5 Å². The van der Waals surface area contributed by atoms with Gasteiger partial charge in [-0.05, 0) is 17.7 Å². The first-order valence-electron chi connectivity index (χ1n) is 12.1. The standard InChI is InChI=1S/C23H48N2O3/c1-4-6-7-8-9-10-11-12-13-14-15-16-17-18-19-20-23(26)24-22(3)25(27,28)21-5-2/h22,27-28H,4-21H2,1-3H3/p+1. The van der Waals surface area contributed by atoms with Gasteiger partial charge in [-0.3, -0.25) is 4.79 Å². The van der Waals surface area contributed by atoms with E-state index in [0.717, 1.165) is 12.8 Å². The van der Waals surface area contributed by atoms with Crippen molar-refractivity contribution in [3.63, 3.8) is 0 Å². The lowest BCUT2D eigenvalue weighted by Gasteiger charge is -2.27. The molecular formula is C23H49N2O3+. The molecule has 0 rings (SSSR count). The summed E-state index contributed by atoms with van der Waals surface area (Å²) in [4.78, 5) is 10.8. The number of nitrogens with one attached hydrogen (secondary N) is 1. The molecule has 0 aromatic carbocycles. The molecule has 0 heterocycles. The van der Waals surface area contributed by atoms with E-state index < -0.39 is 11.0 Å². The van der Waals surface area contributed by atoms with Gasteiger partial charge < -0.3 is 5.32 Å². The zero-order valence-electron chi connectivity index (χ0n) is 19.1. The highest BCUT2D eigenvalue weighted by Gasteiger charge is 2.31. The average Bonchev–Trinajstić information content (AvgIpc) is 2.64. The van der Waals surface area contributed by atoms with Gasteiger partial charge in [-0.2, -0.15) is 10.4 Å². The Balaban J connectivity index is 3.38. The number of unbranched alkanes of at least 4 members (excludes halogenated alkanes) is 14. The van der Waals surface area contributed by atoms with Crippen LogP contribution in [0.1, 0.15) is 130 Å². The summed E-state index contributed by atoms with van der Waals surface area (Å²) in [6.45, 7) is 5.98. The molecule has 0 saturated heterocycles. The Morgan fingerprint density at radius 1 is 0.714 bits per heavy atom. The van der Waals surface area contributed by atoms with Crippen molar-refractivity contribution in [1.82, 2.24) is 5.32 Å². The zero-order chi connectivity index (χ0) is 21.1. The number of nitrogens with zero attached hydrogens (tertiary/aromatic N) is 1. The Bertz CT molecular complexity index is 362. The quantitative estimate of drug-likeness (QED) is 0.0918. The van der Waals surface area contributed by atoms with Gasteiger partial charge in [0.1, 0.15) is 6.54 Å². The molecule has 1 unspecified atom stereocenters. The van der Waals surface area contributed by atoms with Crippen LogP contribution in [0.4, 0.5) is 0 Å². The van der Waals surface area contributed by atoms with Gasteiger partial charge in [-0.25, -0.2) is 0 Å². The van der Waals surface area contributed by atoms with E-state index in [0.29, 0.717) is 12.8 Å². The molecule has 5 heteroatoms. The fourth-order valence-corrected chi connectivity index (χ4v) is 3.59. The van der Waals surface area contributed by atoms with Crippen molar-refractivity contribution in [3.8, 4) is 0 Å². The lowest BCUT2D eigenvalue weighted by molar-refractivity contribution is -1.26. The number of rotatable bonds is 20. The molecule has 3 N–H and O–H groups in total. The third kappa shape index (κ3) is 16.3. The number of carbonyl (C=O) groups excluding carboxylic acids is 1. The molecule has 0 saturated carbocycles. The highest BCUT2D eigenvalue weighted by molar-refractivity contribution is 5.75. The van der Waals surface area contributed by atoms with Crippen LogP contribution in [0, 0.1) is 0 Å². The van der Waals surface area contributed by atoms with Crippen molar-refractivity contribution < 1.29 is 20.0 Å². The molecule has 0 fully saturated rings. The maximum absolute atomic E-state index is 11.9. The topological polar surface area (TPSA) is 69.6 Å². The van der Waals surface area contributed by atoms with Crippen molar-refractivity contribution in [1.29, 1.82) is 0 Å². The minimum absolute atomic E-state index is 0.0936. The van der Waals surface area contributed by atoms with Gasteiger partial charge in [0.15, 0.2) is 0 Å². The monoisotopic (exact) mass is 401 g/mol. The van der Waals surface area contributed by atoms with Crippen LogP contribution < -0.4 is 5.32 Å². The van der Waals surface area contributed by atoms with E-state index in [1.54, 1.807) is 6.92 Å². The smallest absolute Gasteiger partial charge is 0.224 e. The van der Waals surface area contributed by atoms with Crippen LogP contribution in [0.2, 0.25) is 0 Å². The highest BCUT2D eigenvalue weighted by atomic mass is 16.8. The van der Waals surface area contributed by atoms with Crippen molar-refractivity contribution in [2.75, 3.05) is 6.54 Å². The van der Waals surface area contributed by atoms with Crippen LogP contribution in [0.5, 0.6) is 0 Å². The molecule has 0 aliphatic heterocycles. The van der Waals surface area contributed by atoms with Crippen molar-refractivity contribution in [3.05, 3.63) is 0 Å². The second kappa shape index (κ2) is 18.4. The third-order valence-electron chi connectivity index (χ3n) is 5.55. The molecule has 0 aromatic heterocycles. The molecule has 0 aliphatic carbocycles. The van der Waals surface area contributed by atoms with Crippen molar-refractivity contribution in [2.45, 2.75) is 136 Å². The van der Waals surface area contributed by atoms with Gasteiger partial charge in [0.2, 0.25) is 12.1 Å². The first kappa shape index (κ1) is 27.4. The average molecular weight is 402 g/mol. The molecule has 0 bridgehead atoms.